The second-order valence-corrected chi connectivity index (χ2v) is 14.3. The molecule has 0 amide bonds. The highest BCUT2D eigenvalue weighted by atomic mass is 32.2. The topological polar surface area (TPSA) is 211 Å². The fourth-order valence-electron chi connectivity index (χ4n) is 5.96. The SMILES string of the molecule is Cc1cc2nc3c(=O)[nH]c(=O)nc-3n(CCN(CCCNS(=O)(=O)C(F)(F)F)CCn3c4nc(=O)[nH]c(=O)c-4nc4cc(C)c(C)cc43)c2cc1C. The Morgan fingerprint density at radius 3 is 1.54 bits per heavy atom. The number of nitrogens with zero attached hydrogens (tertiary/aromatic N) is 7. The molecule has 2 aromatic carbocycles. The Kier molecular flexibility index (Phi) is 9.57. The van der Waals surface area contributed by atoms with E-state index in [-0.39, 0.29) is 62.2 Å². The molecule has 0 saturated heterocycles. The van der Waals surface area contributed by atoms with E-state index in [0.29, 0.717) is 22.1 Å². The lowest BCUT2D eigenvalue weighted by atomic mass is 10.1. The van der Waals surface area contributed by atoms with Crippen molar-refractivity contribution in [2.24, 2.45) is 0 Å². The molecule has 0 atom stereocenters. The molecule has 0 unspecified atom stereocenters. The van der Waals surface area contributed by atoms with Crippen LogP contribution in [-0.4, -0.2) is 84.0 Å². The van der Waals surface area contributed by atoms with Gasteiger partial charge in [0.25, 0.3) is 11.1 Å². The summed E-state index contributed by atoms with van der Waals surface area (Å²) in [6.07, 6.45) is -0.0395. The van der Waals surface area contributed by atoms with Crippen LogP contribution in [0.5, 0.6) is 0 Å². The predicted octanol–water partition coefficient (Wildman–Crippen LogP) is 1.55. The van der Waals surface area contributed by atoms with Gasteiger partial charge in [0.1, 0.15) is 0 Å². The number of aryl methyl sites for hydroxylation is 4. The van der Waals surface area contributed by atoms with E-state index in [4.69, 9.17) is 0 Å². The van der Waals surface area contributed by atoms with Gasteiger partial charge in [-0.1, -0.05) is 0 Å². The number of fused-ring (bicyclic) bond motifs is 4. The lowest BCUT2D eigenvalue weighted by Crippen LogP contribution is -2.39. The molecule has 0 radical (unpaired) electrons. The molecule has 16 nitrogen and oxygen atoms in total. The summed E-state index contributed by atoms with van der Waals surface area (Å²) in [5, 5.41) is 0. The number of sulfonamides is 1. The van der Waals surface area contributed by atoms with Gasteiger partial charge >= 0.3 is 26.9 Å². The van der Waals surface area contributed by atoms with E-state index in [2.05, 4.69) is 29.9 Å². The highest BCUT2D eigenvalue weighted by molar-refractivity contribution is 7.90. The summed E-state index contributed by atoms with van der Waals surface area (Å²) in [7, 11) is -5.57. The summed E-state index contributed by atoms with van der Waals surface area (Å²) in [6.45, 7) is 7.67. The molecule has 0 bridgehead atoms. The van der Waals surface area contributed by atoms with Crippen LogP contribution in [0.3, 0.4) is 0 Å². The van der Waals surface area contributed by atoms with Crippen LogP contribution in [0.2, 0.25) is 0 Å². The number of hydrogen-bond donors (Lipinski definition) is 3. The fourth-order valence-corrected chi connectivity index (χ4v) is 6.54. The van der Waals surface area contributed by atoms with Crippen molar-refractivity contribution in [2.75, 3.05) is 26.2 Å². The highest BCUT2D eigenvalue weighted by Gasteiger charge is 2.45. The first-order chi connectivity index (χ1) is 24.4. The summed E-state index contributed by atoms with van der Waals surface area (Å²) in [6, 6.07) is 7.29. The van der Waals surface area contributed by atoms with Crippen LogP contribution in [0.25, 0.3) is 45.1 Å². The average molecular weight is 743 g/mol. The van der Waals surface area contributed by atoms with Crippen molar-refractivity contribution < 1.29 is 21.6 Å². The van der Waals surface area contributed by atoms with Gasteiger partial charge < -0.3 is 9.13 Å². The van der Waals surface area contributed by atoms with Gasteiger partial charge in [-0.3, -0.25) is 24.5 Å². The van der Waals surface area contributed by atoms with E-state index in [1.165, 1.54) is 0 Å². The van der Waals surface area contributed by atoms with Crippen molar-refractivity contribution in [1.82, 2.24) is 48.7 Å². The number of aromatic amines is 2. The average Bonchev–Trinajstić information content (AvgIpc) is 3.04. The molecule has 52 heavy (non-hydrogen) atoms. The van der Waals surface area contributed by atoms with Crippen LogP contribution in [0, 0.1) is 27.7 Å². The molecule has 0 fully saturated rings. The molecular weight excluding hydrogens is 709 g/mol. The number of benzene rings is 2. The fraction of sp³-hybridized carbons (Fsp3) is 0.375. The first-order valence-electron chi connectivity index (χ1n) is 16.1. The third-order valence-electron chi connectivity index (χ3n) is 8.98. The molecule has 0 aromatic heterocycles. The Morgan fingerprint density at radius 2 is 1.12 bits per heavy atom. The summed E-state index contributed by atoms with van der Waals surface area (Å²) < 4.78 is 67.1. The smallest absolute Gasteiger partial charge is 0.321 e. The van der Waals surface area contributed by atoms with Crippen molar-refractivity contribution in [3.05, 3.63) is 88.2 Å². The molecule has 0 aliphatic carbocycles. The molecule has 0 saturated carbocycles. The van der Waals surface area contributed by atoms with E-state index < -0.39 is 44.6 Å². The maximum Gasteiger partial charge on any atom is 0.511 e. The van der Waals surface area contributed by atoms with Crippen molar-refractivity contribution in [3.8, 4) is 23.0 Å². The summed E-state index contributed by atoms with van der Waals surface area (Å²) >= 11 is 0. The monoisotopic (exact) mass is 742 g/mol. The second kappa shape index (κ2) is 13.7. The standard InChI is InChI=1S/C32H33F3N10O6S/c1-16-12-20-22(14-18(16)3)44(26-24(37-20)28(46)41-30(48)39-26)10-8-43(7-5-6-36-52(50,51)32(33,34)35)9-11-45-23-15-19(4)17(2)13-21(23)38-25-27(45)40-31(49)42-29(25)47/h12-15,36H,5-11H2,1-4H3,(H,41,46,48)(H,42,47,49). The molecular formula is C32H33F3N10O6S. The number of aromatic nitrogens is 8. The van der Waals surface area contributed by atoms with Gasteiger partial charge in [0, 0.05) is 32.7 Å². The third-order valence-corrected chi connectivity index (χ3v) is 10.2. The number of halogens is 3. The Bertz CT molecular complexity index is 2490. The highest BCUT2D eigenvalue weighted by Crippen LogP contribution is 2.26. The maximum absolute atomic E-state index is 13.0. The Balaban J connectivity index is 1.39. The summed E-state index contributed by atoms with van der Waals surface area (Å²) in [4.78, 5) is 73.4. The molecule has 4 aliphatic heterocycles. The quantitative estimate of drug-likeness (QED) is 0.128. The van der Waals surface area contributed by atoms with E-state index in [0.717, 1.165) is 22.3 Å². The van der Waals surface area contributed by atoms with Crippen molar-refractivity contribution >= 4 is 32.1 Å². The molecule has 0 spiro atoms. The maximum atomic E-state index is 13.0. The van der Waals surface area contributed by atoms with E-state index in [1.54, 1.807) is 26.0 Å². The third kappa shape index (κ3) is 7.08. The molecule has 274 valence electrons. The number of alkyl halides is 3. The zero-order chi connectivity index (χ0) is 37.7. The van der Waals surface area contributed by atoms with Crippen molar-refractivity contribution in [1.29, 1.82) is 0 Å². The van der Waals surface area contributed by atoms with Crippen LogP contribution < -0.4 is 27.2 Å². The normalized spacial score (nSPS) is 12.6. The van der Waals surface area contributed by atoms with E-state index >= 15 is 0 Å². The van der Waals surface area contributed by atoms with Crippen molar-refractivity contribution in [2.45, 2.75) is 52.7 Å². The van der Waals surface area contributed by atoms with Crippen LogP contribution >= 0.6 is 0 Å². The van der Waals surface area contributed by atoms with Gasteiger partial charge in [0.15, 0.2) is 23.0 Å². The van der Waals surface area contributed by atoms with Crippen molar-refractivity contribution in [3.63, 3.8) is 0 Å². The van der Waals surface area contributed by atoms with Gasteiger partial charge in [-0.15, -0.1) is 0 Å². The summed E-state index contributed by atoms with van der Waals surface area (Å²) in [5.74, 6) is 0.0558. The zero-order valence-electron chi connectivity index (χ0n) is 28.4. The van der Waals surface area contributed by atoms with Gasteiger partial charge in [0.2, 0.25) is 0 Å². The molecule has 4 aliphatic rings. The second-order valence-electron chi connectivity index (χ2n) is 12.5. The van der Waals surface area contributed by atoms with Crippen LogP contribution in [0.4, 0.5) is 13.2 Å². The minimum atomic E-state index is -5.57. The molecule has 6 rings (SSSR count). The Hall–Kier alpha value is -5.34. The minimum absolute atomic E-state index is 0.0279. The Labute approximate surface area is 292 Å². The number of H-pyrrole nitrogens is 2. The number of hydrogen-bond acceptors (Lipinski definition) is 11. The van der Waals surface area contributed by atoms with Gasteiger partial charge in [-0.25, -0.2) is 32.7 Å². The number of rotatable bonds is 11. The van der Waals surface area contributed by atoms with E-state index in [9.17, 15) is 40.8 Å². The molecule has 4 heterocycles. The zero-order valence-corrected chi connectivity index (χ0v) is 29.2. The minimum Gasteiger partial charge on any atom is -0.321 e. The first-order valence-corrected chi connectivity index (χ1v) is 17.5. The van der Waals surface area contributed by atoms with Crippen LogP contribution in [0.1, 0.15) is 28.7 Å². The van der Waals surface area contributed by atoms with Gasteiger partial charge in [0.05, 0.1) is 22.1 Å². The first kappa shape index (κ1) is 36.5. The van der Waals surface area contributed by atoms with Crippen LogP contribution in [0.15, 0.2) is 43.4 Å². The Morgan fingerprint density at radius 1 is 0.692 bits per heavy atom. The largest absolute Gasteiger partial charge is 0.511 e. The number of nitrogens with one attached hydrogen (secondary N) is 3. The molecule has 20 heteroatoms. The summed E-state index contributed by atoms with van der Waals surface area (Å²) in [5.41, 5.74) is -3.09. The van der Waals surface area contributed by atoms with Crippen LogP contribution in [-0.2, 0) is 23.1 Å². The van der Waals surface area contributed by atoms with Gasteiger partial charge in [-0.05, 0) is 87.2 Å². The lowest BCUT2D eigenvalue weighted by Gasteiger charge is -2.26. The van der Waals surface area contributed by atoms with E-state index in [1.807, 2.05) is 44.7 Å². The lowest BCUT2D eigenvalue weighted by molar-refractivity contribution is -0.0447. The predicted molar refractivity (Wildman–Crippen MR) is 185 cm³/mol. The molecule has 2 aromatic rings. The van der Waals surface area contributed by atoms with Gasteiger partial charge in [-0.2, -0.15) is 23.1 Å². The molecule has 3 N–H and O–H groups in total.